The number of nitrogens with one attached hydrogen (secondary N) is 2. The Balaban J connectivity index is 1.54. The first-order chi connectivity index (χ1) is 15.2. The van der Waals surface area contributed by atoms with Crippen molar-refractivity contribution in [2.45, 2.75) is 11.6 Å². The van der Waals surface area contributed by atoms with Gasteiger partial charge in [0, 0.05) is 18.4 Å². The van der Waals surface area contributed by atoms with Crippen LogP contribution in [0.15, 0.2) is 47.6 Å². The van der Waals surface area contributed by atoms with Crippen molar-refractivity contribution in [3.8, 4) is 0 Å². The van der Waals surface area contributed by atoms with Crippen molar-refractivity contribution in [3.63, 3.8) is 0 Å². The zero-order valence-corrected chi connectivity index (χ0v) is 18.2. The van der Waals surface area contributed by atoms with Crippen molar-refractivity contribution in [3.05, 3.63) is 64.7 Å². The van der Waals surface area contributed by atoms with Crippen LogP contribution < -0.4 is 10.6 Å². The molecule has 0 saturated heterocycles. The number of rotatable bonds is 8. The maximum Gasteiger partial charge on any atom is 0.335 e. The second kappa shape index (κ2) is 10.2. The van der Waals surface area contributed by atoms with E-state index in [1.807, 2.05) is 0 Å². The Labute approximate surface area is 191 Å². The number of hydrogen-bond donors (Lipinski definition) is 3. The summed E-state index contributed by atoms with van der Waals surface area (Å²) in [5, 5.41) is 22.5. The largest absolute Gasteiger partial charge is 0.478 e. The number of benzene rings is 2. The number of carboxylic acid groups (broad SMARTS) is 1. The summed E-state index contributed by atoms with van der Waals surface area (Å²) in [6.45, 7) is 0. The molecule has 0 fully saturated rings. The van der Waals surface area contributed by atoms with Gasteiger partial charge in [0.05, 0.1) is 22.8 Å². The number of carboxylic acids is 1. The van der Waals surface area contributed by atoms with E-state index >= 15 is 0 Å². The fourth-order valence-electron chi connectivity index (χ4n) is 2.60. The van der Waals surface area contributed by atoms with Crippen molar-refractivity contribution in [2.75, 3.05) is 16.4 Å². The zero-order valence-electron chi connectivity index (χ0n) is 16.6. The van der Waals surface area contributed by atoms with Gasteiger partial charge in [0.25, 0.3) is 0 Å². The lowest BCUT2D eigenvalue weighted by molar-refractivity contribution is -0.116. The molecule has 3 aromatic rings. The summed E-state index contributed by atoms with van der Waals surface area (Å²) in [5.74, 6) is -2.05. The number of aromatic nitrogens is 3. The number of anilines is 2. The van der Waals surface area contributed by atoms with E-state index in [9.17, 15) is 18.8 Å². The predicted octanol–water partition coefficient (Wildman–Crippen LogP) is 3.22. The lowest BCUT2D eigenvalue weighted by atomic mass is 10.2. The summed E-state index contributed by atoms with van der Waals surface area (Å²) >= 11 is 6.82. The summed E-state index contributed by atoms with van der Waals surface area (Å²) in [6.07, 6.45) is -0.0900. The molecule has 9 nitrogen and oxygen atoms in total. The standard InChI is InChI=1S/C20H17ClFN5O4S/c1-27-16(9-17(28)23-13-5-6-15(22)14(21)8-13)25-26-20(27)32-10-18(29)24-12-4-2-3-11(7-12)19(30)31/h2-8H,9-10H2,1H3,(H,23,28)(H,24,29)(H,30,31). The molecule has 0 atom stereocenters. The van der Waals surface area contributed by atoms with Crippen molar-refractivity contribution in [1.29, 1.82) is 0 Å². The van der Waals surface area contributed by atoms with Crippen LogP contribution in [0, 0.1) is 5.82 Å². The summed E-state index contributed by atoms with van der Waals surface area (Å²) in [6, 6.07) is 9.75. The van der Waals surface area contributed by atoms with Gasteiger partial charge in [-0.15, -0.1) is 10.2 Å². The highest BCUT2D eigenvalue weighted by Gasteiger charge is 2.15. The highest BCUT2D eigenvalue weighted by molar-refractivity contribution is 7.99. The van der Waals surface area contributed by atoms with Crippen LogP contribution in [0.4, 0.5) is 15.8 Å². The number of hydrogen-bond acceptors (Lipinski definition) is 6. The highest BCUT2D eigenvalue weighted by atomic mass is 35.5. The molecule has 0 aliphatic heterocycles. The Hall–Kier alpha value is -3.44. The fourth-order valence-corrected chi connectivity index (χ4v) is 3.52. The number of halogens is 2. The molecule has 12 heteroatoms. The maximum atomic E-state index is 13.2. The number of carbonyl (C=O) groups is 3. The van der Waals surface area contributed by atoms with Gasteiger partial charge in [-0.05, 0) is 36.4 Å². The molecule has 0 unspecified atom stereocenters. The SMILES string of the molecule is Cn1c(CC(=O)Nc2ccc(F)c(Cl)c2)nnc1SCC(=O)Nc1cccc(C(=O)O)c1. The molecule has 0 aliphatic rings. The van der Waals surface area contributed by atoms with Crippen LogP contribution in [0.5, 0.6) is 0 Å². The third kappa shape index (κ3) is 6.05. The van der Waals surface area contributed by atoms with Gasteiger partial charge in [0.1, 0.15) is 11.6 Å². The van der Waals surface area contributed by atoms with Crippen LogP contribution in [0.25, 0.3) is 0 Å². The van der Waals surface area contributed by atoms with Crippen LogP contribution in [-0.2, 0) is 23.1 Å². The van der Waals surface area contributed by atoms with E-state index in [0.717, 1.165) is 17.8 Å². The van der Waals surface area contributed by atoms with Crippen LogP contribution in [0.3, 0.4) is 0 Å². The fraction of sp³-hybridized carbons (Fsp3) is 0.150. The third-order valence-electron chi connectivity index (χ3n) is 4.17. The number of amides is 2. The smallest absolute Gasteiger partial charge is 0.335 e. The van der Waals surface area contributed by atoms with Crippen molar-refractivity contribution in [2.24, 2.45) is 7.05 Å². The summed E-state index contributed by atoms with van der Waals surface area (Å²) in [7, 11) is 1.66. The third-order valence-corrected chi connectivity index (χ3v) is 5.48. The first-order valence-electron chi connectivity index (χ1n) is 9.12. The van der Waals surface area contributed by atoms with Crippen molar-refractivity contribution < 1.29 is 23.9 Å². The van der Waals surface area contributed by atoms with Crippen LogP contribution in [0.2, 0.25) is 5.02 Å². The molecule has 32 heavy (non-hydrogen) atoms. The lowest BCUT2D eigenvalue weighted by Gasteiger charge is -2.07. The monoisotopic (exact) mass is 477 g/mol. The van der Waals surface area contributed by atoms with Gasteiger partial charge in [-0.25, -0.2) is 9.18 Å². The molecule has 0 spiro atoms. The molecule has 2 amide bonds. The quantitative estimate of drug-likeness (QED) is 0.425. The van der Waals surface area contributed by atoms with Crippen LogP contribution >= 0.6 is 23.4 Å². The lowest BCUT2D eigenvalue weighted by Crippen LogP contribution is -2.17. The van der Waals surface area contributed by atoms with E-state index in [0.29, 0.717) is 22.4 Å². The molecule has 0 radical (unpaired) electrons. The molecule has 1 aromatic heterocycles. The Morgan fingerprint density at radius 1 is 1.09 bits per heavy atom. The molecular weight excluding hydrogens is 461 g/mol. The molecule has 0 aliphatic carbocycles. The van der Waals surface area contributed by atoms with Gasteiger partial charge < -0.3 is 20.3 Å². The van der Waals surface area contributed by atoms with E-state index < -0.39 is 17.7 Å². The minimum Gasteiger partial charge on any atom is -0.478 e. The average molecular weight is 478 g/mol. The molecule has 166 valence electrons. The minimum absolute atomic E-state index is 0.00352. The van der Waals surface area contributed by atoms with Crippen molar-refractivity contribution >= 4 is 52.5 Å². The maximum absolute atomic E-state index is 13.2. The Bertz CT molecular complexity index is 1190. The molecule has 0 saturated carbocycles. The molecule has 3 N–H and O–H groups in total. The summed E-state index contributed by atoms with van der Waals surface area (Å²) in [4.78, 5) is 35.4. The van der Waals surface area contributed by atoms with Gasteiger partial charge in [-0.2, -0.15) is 0 Å². The van der Waals surface area contributed by atoms with Gasteiger partial charge in [0.2, 0.25) is 11.8 Å². The highest BCUT2D eigenvalue weighted by Crippen LogP contribution is 2.20. The molecule has 1 heterocycles. The molecule has 2 aromatic carbocycles. The predicted molar refractivity (Wildman–Crippen MR) is 118 cm³/mol. The summed E-state index contributed by atoms with van der Waals surface area (Å²) in [5.41, 5.74) is 0.781. The normalized spacial score (nSPS) is 10.6. The number of nitrogens with zero attached hydrogens (tertiary/aromatic N) is 3. The number of carbonyl (C=O) groups excluding carboxylic acids is 2. The second-order valence-electron chi connectivity index (χ2n) is 6.53. The van der Waals surface area contributed by atoms with Gasteiger partial charge in [-0.3, -0.25) is 9.59 Å². The first-order valence-corrected chi connectivity index (χ1v) is 10.5. The Morgan fingerprint density at radius 3 is 2.53 bits per heavy atom. The van der Waals surface area contributed by atoms with Gasteiger partial charge >= 0.3 is 5.97 Å². The molecular formula is C20H17ClFN5O4S. The first kappa shape index (κ1) is 23.2. The van der Waals surface area contributed by atoms with E-state index in [4.69, 9.17) is 16.7 Å². The van der Waals surface area contributed by atoms with Crippen LogP contribution in [0.1, 0.15) is 16.2 Å². The molecule has 3 rings (SSSR count). The average Bonchev–Trinajstić information content (AvgIpc) is 3.08. The Kier molecular flexibility index (Phi) is 7.44. The minimum atomic E-state index is -1.09. The van der Waals surface area contributed by atoms with E-state index in [-0.39, 0.29) is 28.7 Å². The van der Waals surface area contributed by atoms with Crippen molar-refractivity contribution in [1.82, 2.24) is 14.8 Å². The van der Waals surface area contributed by atoms with E-state index in [1.165, 1.54) is 30.3 Å². The zero-order chi connectivity index (χ0) is 23.3. The van der Waals surface area contributed by atoms with E-state index in [1.54, 1.807) is 17.7 Å². The topological polar surface area (TPSA) is 126 Å². The van der Waals surface area contributed by atoms with Gasteiger partial charge in [0.15, 0.2) is 5.16 Å². The molecule has 0 bridgehead atoms. The Morgan fingerprint density at radius 2 is 1.81 bits per heavy atom. The second-order valence-corrected chi connectivity index (χ2v) is 7.88. The number of thioether (sulfide) groups is 1. The van der Waals surface area contributed by atoms with Crippen LogP contribution in [-0.4, -0.2) is 43.4 Å². The van der Waals surface area contributed by atoms with Gasteiger partial charge in [-0.1, -0.05) is 29.4 Å². The summed E-state index contributed by atoms with van der Waals surface area (Å²) < 4.78 is 14.8. The van der Waals surface area contributed by atoms with E-state index in [2.05, 4.69) is 20.8 Å². The number of aromatic carboxylic acids is 1.